The molecule has 0 spiro atoms. The molecule has 2 aromatic carbocycles. The van der Waals surface area contributed by atoms with Gasteiger partial charge in [-0.2, -0.15) is 0 Å². The number of rotatable bonds is 6. The molecule has 0 radical (unpaired) electrons. The Kier molecular flexibility index (Phi) is 9.27. The molecule has 2 unspecified atom stereocenters. The van der Waals surface area contributed by atoms with Gasteiger partial charge in [-0.15, -0.1) is 0 Å². The van der Waals surface area contributed by atoms with Crippen LogP contribution in [0.5, 0.6) is 0 Å². The van der Waals surface area contributed by atoms with E-state index in [0.717, 1.165) is 58.9 Å². The Bertz CT molecular complexity index is 1110. The first-order valence-corrected chi connectivity index (χ1v) is 14.5. The summed E-state index contributed by atoms with van der Waals surface area (Å²) in [5.41, 5.74) is 2.77. The van der Waals surface area contributed by atoms with Crippen LogP contribution in [-0.4, -0.2) is 52.4 Å². The number of nitrogens with zero attached hydrogens (tertiary/aromatic N) is 3. The minimum absolute atomic E-state index is 0.195. The van der Waals surface area contributed by atoms with Crippen molar-refractivity contribution in [1.82, 2.24) is 14.8 Å². The van der Waals surface area contributed by atoms with Crippen LogP contribution in [0.3, 0.4) is 0 Å². The number of fused-ring (bicyclic) bond motifs is 3. The summed E-state index contributed by atoms with van der Waals surface area (Å²) in [6.07, 6.45) is 6.90. The molecule has 36 heavy (non-hydrogen) atoms. The van der Waals surface area contributed by atoms with Crippen LogP contribution in [-0.2, 0) is 0 Å². The molecule has 5 nitrogen and oxygen atoms in total. The van der Waals surface area contributed by atoms with Gasteiger partial charge in [-0.05, 0) is 79.9 Å². The van der Waals surface area contributed by atoms with Crippen molar-refractivity contribution >= 4 is 34.4 Å². The van der Waals surface area contributed by atoms with Crippen molar-refractivity contribution in [3.63, 3.8) is 0 Å². The summed E-state index contributed by atoms with van der Waals surface area (Å²) in [7, 11) is 0. The van der Waals surface area contributed by atoms with E-state index in [1.807, 2.05) is 64.2 Å². The zero-order chi connectivity index (χ0) is 25.5. The Balaban J connectivity index is 0.000000726. The van der Waals surface area contributed by atoms with E-state index in [1.165, 1.54) is 19.4 Å². The second-order valence-electron chi connectivity index (χ2n) is 9.37. The SMILES string of the molecule is CC.CC.O=C(c1ccc(NSc2cccc3cccnc23)cc1)N1C2CCC1CN(CC1CC1)C2. The predicted octanol–water partition coefficient (Wildman–Crippen LogP) is 7.11. The fraction of sp³-hybridized carbons (Fsp3) is 0.467. The first-order chi connectivity index (χ1) is 17.7. The predicted molar refractivity (Wildman–Crippen MR) is 153 cm³/mol. The van der Waals surface area contributed by atoms with Gasteiger partial charge in [0.05, 0.1) is 10.4 Å². The smallest absolute Gasteiger partial charge is 0.254 e. The summed E-state index contributed by atoms with van der Waals surface area (Å²) < 4.78 is 3.40. The van der Waals surface area contributed by atoms with Gasteiger partial charge in [0, 0.05) is 54.6 Å². The van der Waals surface area contributed by atoms with Gasteiger partial charge in [0.1, 0.15) is 0 Å². The lowest BCUT2D eigenvalue weighted by Gasteiger charge is -2.41. The van der Waals surface area contributed by atoms with Crippen LogP contribution >= 0.6 is 11.9 Å². The van der Waals surface area contributed by atoms with E-state index in [-0.39, 0.29) is 5.91 Å². The highest BCUT2D eigenvalue weighted by Crippen LogP contribution is 2.35. The zero-order valence-corrected chi connectivity index (χ0v) is 22.9. The number of carbonyl (C=O) groups excluding carboxylic acids is 1. The minimum Gasteiger partial charge on any atom is -0.330 e. The monoisotopic (exact) mass is 504 g/mol. The van der Waals surface area contributed by atoms with Gasteiger partial charge < -0.3 is 9.62 Å². The molecule has 2 atom stereocenters. The minimum atomic E-state index is 0.195. The summed E-state index contributed by atoms with van der Waals surface area (Å²) >= 11 is 1.55. The number of nitrogens with one attached hydrogen (secondary N) is 1. The largest absolute Gasteiger partial charge is 0.330 e. The number of hydrogen-bond acceptors (Lipinski definition) is 5. The van der Waals surface area contributed by atoms with Crippen molar-refractivity contribution in [3.05, 3.63) is 66.4 Å². The molecule has 1 aliphatic carbocycles. The summed E-state index contributed by atoms with van der Waals surface area (Å²) in [4.78, 5) is 23.7. The molecule has 1 amide bonds. The number of amides is 1. The van der Waals surface area contributed by atoms with Crippen molar-refractivity contribution in [3.8, 4) is 0 Å². The first-order valence-electron chi connectivity index (χ1n) is 13.7. The molecule has 6 heteroatoms. The number of aromatic nitrogens is 1. The lowest BCUT2D eigenvalue weighted by molar-refractivity contribution is 0.0412. The third kappa shape index (κ3) is 6.04. The number of benzene rings is 2. The average Bonchev–Trinajstić information content (AvgIpc) is 3.72. The second kappa shape index (κ2) is 12.6. The fourth-order valence-corrected chi connectivity index (χ4v) is 6.02. The second-order valence-corrected chi connectivity index (χ2v) is 10.2. The molecule has 2 aliphatic heterocycles. The van der Waals surface area contributed by atoms with Crippen LogP contribution in [0.15, 0.2) is 65.7 Å². The van der Waals surface area contributed by atoms with Crippen molar-refractivity contribution < 1.29 is 4.79 Å². The molecular weight excluding hydrogens is 464 g/mol. The third-order valence-electron chi connectivity index (χ3n) is 7.01. The molecule has 2 saturated heterocycles. The Hall–Kier alpha value is -2.57. The number of para-hydroxylation sites is 1. The Morgan fingerprint density at radius 2 is 1.58 bits per heavy atom. The molecule has 3 aliphatic rings. The average molecular weight is 505 g/mol. The van der Waals surface area contributed by atoms with Crippen LogP contribution in [0.2, 0.25) is 0 Å². The van der Waals surface area contributed by atoms with E-state index in [9.17, 15) is 4.79 Å². The van der Waals surface area contributed by atoms with Gasteiger partial charge in [-0.3, -0.25) is 14.7 Å². The molecule has 2 bridgehead atoms. The number of pyridine rings is 1. The van der Waals surface area contributed by atoms with Crippen molar-refractivity contribution in [2.24, 2.45) is 5.92 Å². The van der Waals surface area contributed by atoms with E-state index < -0.39 is 0 Å². The number of piperazine rings is 1. The molecule has 1 aromatic heterocycles. The third-order valence-corrected chi connectivity index (χ3v) is 7.90. The fourth-order valence-electron chi connectivity index (χ4n) is 5.24. The molecule has 3 fully saturated rings. The van der Waals surface area contributed by atoms with Gasteiger partial charge in [-0.25, -0.2) is 0 Å². The van der Waals surface area contributed by atoms with Crippen LogP contribution in [0, 0.1) is 5.92 Å². The topological polar surface area (TPSA) is 48.5 Å². The molecule has 1 saturated carbocycles. The Morgan fingerprint density at radius 1 is 0.917 bits per heavy atom. The summed E-state index contributed by atoms with van der Waals surface area (Å²) in [6.45, 7) is 11.3. The van der Waals surface area contributed by atoms with Gasteiger partial charge in [0.25, 0.3) is 5.91 Å². The maximum Gasteiger partial charge on any atom is 0.254 e. The summed E-state index contributed by atoms with van der Waals surface area (Å²) in [5.74, 6) is 1.11. The highest BCUT2D eigenvalue weighted by molar-refractivity contribution is 8.00. The van der Waals surface area contributed by atoms with E-state index in [0.29, 0.717) is 12.1 Å². The molecule has 6 rings (SSSR count). The Morgan fingerprint density at radius 3 is 2.25 bits per heavy atom. The van der Waals surface area contributed by atoms with Crippen LogP contribution in [0.4, 0.5) is 5.69 Å². The zero-order valence-electron chi connectivity index (χ0n) is 22.1. The van der Waals surface area contributed by atoms with Crippen LogP contribution in [0.1, 0.15) is 63.7 Å². The van der Waals surface area contributed by atoms with E-state index in [2.05, 4.69) is 43.8 Å². The van der Waals surface area contributed by atoms with Crippen LogP contribution < -0.4 is 4.72 Å². The maximum absolute atomic E-state index is 13.3. The van der Waals surface area contributed by atoms with Crippen molar-refractivity contribution in [1.29, 1.82) is 0 Å². The standard InChI is InChI=1S/C26H28N4OS.2C2H6/c31-26(30-22-12-13-23(30)17-29(16-22)15-18-6-7-18)20-8-10-21(11-9-20)28-32-24-5-1-3-19-4-2-14-27-25(19)24;2*1-2/h1-5,8-11,14,18,22-23,28H,6-7,12-13,15-17H2;2*1-2H3. The molecule has 1 N–H and O–H groups in total. The molecule has 192 valence electrons. The molecule has 3 heterocycles. The van der Waals surface area contributed by atoms with Gasteiger partial charge >= 0.3 is 0 Å². The van der Waals surface area contributed by atoms with E-state index in [1.54, 1.807) is 11.9 Å². The lowest BCUT2D eigenvalue weighted by atomic mass is 10.1. The Labute approximate surface area is 220 Å². The van der Waals surface area contributed by atoms with Crippen LogP contribution in [0.25, 0.3) is 10.9 Å². The summed E-state index contributed by atoms with van der Waals surface area (Å²) in [6, 6.07) is 18.9. The quantitative estimate of drug-likeness (QED) is 0.363. The number of hydrogen-bond donors (Lipinski definition) is 1. The van der Waals surface area contributed by atoms with E-state index in [4.69, 9.17) is 0 Å². The highest BCUT2D eigenvalue weighted by Gasteiger charge is 2.43. The number of anilines is 1. The van der Waals surface area contributed by atoms with Gasteiger partial charge in [0.15, 0.2) is 0 Å². The van der Waals surface area contributed by atoms with Crippen molar-refractivity contribution in [2.45, 2.75) is 70.4 Å². The lowest BCUT2D eigenvalue weighted by Crippen LogP contribution is -2.56. The number of carbonyl (C=O) groups is 1. The molecule has 3 aromatic rings. The maximum atomic E-state index is 13.3. The van der Waals surface area contributed by atoms with Crippen molar-refractivity contribution in [2.75, 3.05) is 24.4 Å². The van der Waals surface area contributed by atoms with Gasteiger partial charge in [-0.1, -0.05) is 45.9 Å². The normalized spacial score (nSPS) is 20.7. The number of likely N-dealkylation sites (tertiary alicyclic amines) is 1. The first kappa shape index (κ1) is 26.5. The molecular formula is C30H40N4OS. The van der Waals surface area contributed by atoms with Gasteiger partial charge in [0.2, 0.25) is 0 Å². The highest BCUT2D eigenvalue weighted by atomic mass is 32.2. The van der Waals surface area contributed by atoms with E-state index >= 15 is 0 Å². The summed E-state index contributed by atoms with van der Waals surface area (Å²) in [5, 5.41) is 1.13.